The number of nitrogens with two attached hydrogens (primary N) is 1. The van der Waals surface area contributed by atoms with Gasteiger partial charge < -0.3 is 10.5 Å². The van der Waals surface area contributed by atoms with Crippen LogP contribution in [0.5, 0.6) is 0 Å². The normalized spacial score (nSPS) is 25.3. The topological polar surface area (TPSA) is 70.1 Å². The van der Waals surface area contributed by atoms with E-state index >= 15 is 0 Å². The first-order valence-corrected chi connectivity index (χ1v) is 7.84. The second-order valence-corrected chi connectivity index (χ2v) is 6.14. The van der Waals surface area contributed by atoms with Crippen LogP contribution >= 0.6 is 0 Å². The molecule has 0 radical (unpaired) electrons. The molecule has 2 rings (SSSR count). The van der Waals surface area contributed by atoms with Gasteiger partial charge in [0.2, 0.25) is 0 Å². The van der Waals surface area contributed by atoms with Gasteiger partial charge >= 0.3 is 5.97 Å². The summed E-state index contributed by atoms with van der Waals surface area (Å²) in [4.78, 5) is 12.0. The lowest BCUT2D eigenvalue weighted by Crippen LogP contribution is -2.51. The van der Waals surface area contributed by atoms with Gasteiger partial charge in [0.25, 0.3) is 0 Å². The van der Waals surface area contributed by atoms with Crippen LogP contribution in [0.3, 0.4) is 0 Å². The van der Waals surface area contributed by atoms with Crippen LogP contribution in [0.2, 0.25) is 0 Å². The standard InChI is InChI=1S/C16H27N3O2/c1-5-14-11(2)18-19(12(14)3)10-8-13-7-6-9-16(13,17)15(20)21-4/h13H,5-10,17H2,1-4H3. The van der Waals surface area contributed by atoms with Crippen LogP contribution < -0.4 is 5.73 Å². The average molecular weight is 293 g/mol. The zero-order valence-electron chi connectivity index (χ0n) is 13.6. The number of rotatable bonds is 5. The van der Waals surface area contributed by atoms with Crippen LogP contribution in [0.15, 0.2) is 0 Å². The van der Waals surface area contributed by atoms with Crippen molar-refractivity contribution in [3.05, 3.63) is 17.0 Å². The quantitative estimate of drug-likeness (QED) is 0.844. The van der Waals surface area contributed by atoms with E-state index in [0.717, 1.165) is 44.3 Å². The molecular weight excluding hydrogens is 266 g/mol. The van der Waals surface area contributed by atoms with Crippen LogP contribution in [-0.4, -0.2) is 28.4 Å². The van der Waals surface area contributed by atoms with Gasteiger partial charge in [0.1, 0.15) is 5.54 Å². The summed E-state index contributed by atoms with van der Waals surface area (Å²) in [7, 11) is 1.42. The maximum atomic E-state index is 12.0. The van der Waals surface area contributed by atoms with Gasteiger partial charge in [0, 0.05) is 12.2 Å². The monoisotopic (exact) mass is 293 g/mol. The molecule has 2 atom stereocenters. The van der Waals surface area contributed by atoms with Crippen molar-refractivity contribution in [1.82, 2.24) is 9.78 Å². The average Bonchev–Trinajstić information content (AvgIpc) is 2.97. The van der Waals surface area contributed by atoms with E-state index in [1.807, 2.05) is 0 Å². The van der Waals surface area contributed by atoms with Gasteiger partial charge in [-0.2, -0.15) is 5.10 Å². The maximum Gasteiger partial charge on any atom is 0.326 e. The number of aryl methyl sites for hydroxylation is 2. The van der Waals surface area contributed by atoms with Gasteiger partial charge in [-0.15, -0.1) is 0 Å². The minimum atomic E-state index is -0.807. The van der Waals surface area contributed by atoms with Gasteiger partial charge in [0.15, 0.2) is 0 Å². The smallest absolute Gasteiger partial charge is 0.326 e. The first-order chi connectivity index (χ1) is 9.93. The van der Waals surface area contributed by atoms with Crippen LogP contribution in [0.25, 0.3) is 0 Å². The zero-order valence-corrected chi connectivity index (χ0v) is 13.6. The van der Waals surface area contributed by atoms with Gasteiger partial charge in [-0.3, -0.25) is 9.48 Å². The van der Waals surface area contributed by atoms with Crippen molar-refractivity contribution in [2.45, 2.75) is 65.0 Å². The molecule has 1 saturated carbocycles. The fourth-order valence-electron chi connectivity index (χ4n) is 3.70. The van der Waals surface area contributed by atoms with Crippen LogP contribution in [0.1, 0.15) is 49.6 Å². The molecule has 118 valence electrons. The minimum Gasteiger partial charge on any atom is -0.468 e. The Balaban J connectivity index is 2.08. The summed E-state index contributed by atoms with van der Waals surface area (Å²) >= 11 is 0. The van der Waals surface area contributed by atoms with Crippen molar-refractivity contribution in [3.8, 4) is 0 Å². The summed E-state index contributed by atoms with van der Waals surface area (Å²) in [5.74, 6) is -0.0912. The Morgan fingerprint density at radius 2 is 2.24 bits per heavy atom. The number of esters is 1. The SMILES string of the molecule is CCc1c(C)nn(CCC2CCCC2(N)C(=O)OC)c1C. The molecule has 1 aliphatic carbocycles. The summed E-state index contributed by atoms with van der Waals surface area (Å²) in [5.41, 5.74) is 9.17. The van der Waals surface area contributed by atoms with E-state index in [1.165, 1.54) is 18.4 Å². The lowest BCUT2D eigenvalue weighted by molar-refractivity contribution is -0.148. The molecule has 5 nitrogen and oxygen atoms in total. The van der Waals surface area contributed by atoms with Gasteiger partial charge in [-0.05, 0) is 51.0 Å². The molecule has 1 fully saturated rings. The van der Waals surface area contributed by atoms with Crippen molar-refractivity contribution in [1.29, 1.82) is 0 Å². The Morgan fingerprint density at radius 1 is 1.52 bits per heavy atom. The zero-order chi connectivity index (χ0) is 15.6. The molecule has 21 heavy (non-hydrogen) atoms. The number of aromatic nitrogens is 2. The fourth-order valence-corrected chi connectivity index (χ4v) is 3.70. The van der Waals surface area contributed by atoms with E-state index in [-0.39, 0.29) is 11.9 Å². The highest BCUT2D eigenvalue weighted by Crippen LogP contribution is 2.37. The Morgan fingerprint density at radius 3 is 2.81 bits per heavy atom. The number of carbonyl (C=O) groups is 1. The first-order valence-electron chi connectivity index (χ1n) is 7.84. The summed E-state index contributed by atoms with van der Waals surface area (Å²) in [6.07, 6.45) is 4.58. The molecule has 1 heterocycles. The predicted octanol–water partition coefficient (Wildman–Crippen LogP) is 2.12. The molecule has 1 aromatic rings. The number of carbonyl (C=O) groups excluding carboxylic acids is 1. The van der Waals surface area contributed by atoms with E-state index in [0.29, 0.717) is 0 Å². The van der Waals surface area contributed by atoms with Crippen LogP contribution in [0.4, 0.5) is 0 Å². The highest BCUT2D eigenvalue weighted by Gasteiger charge is 2.46. The van der Waals surface area contributed by atoms with E-state index < -0.39 is 5.54 Å². The predicted molar refractivity (Wildman–Crippen MR) is 82.0 cm³/mol. The molecule has 1 aromatic heterocycles. The fraction of sp³-hybridized carbons (Fsp3) is 0.750. The molecule has 0 saturated heterocycles. The molecule has 0 aromatic carbocycles. The number of nitrogens with zero attached hydrogens (tertiary/aromatic N) is 2. The first kappa shape index (κ1) is 16.0. The van der Waals surface area contributed by atoms with E-state index in [1.54, 1.807) is 0 Å². The van der Waals surface area contributed by atoms with Gasteiger partial charge in [-0.1, -0.05) is 13.3 Å². The molecular formula is C16H27N3O2. The largest absolute Gasteiger partial charge is 0.468 e. The highest BCUT2D eigenvalue weighted by atomic mass is 16.5. The molecule has 2 unspecified atom stereocenters. The molecule has 0 spiro atoms. The van der Waals surface area contributed by atoms with Crippen molar-refractivity contribution in [2.75, 3.05) is 7.11 Å². The molecule has 2 N–H and O–H groups in total. The van der Waals surface area contributed by atoms with Crippen LogP contribution in [0, 0.1) is 19.8 Å². The third kappa shape index (κ3) is 2.84. The second-order valence-electron chi connectivity index (χ2n) is 6.14. The molecule has 0 amide bonds. The minimum absolute atomic E-state index is 0.180. The third-order valence-electron chi connectivity index (χ3n) is 5.01. The lowest BCUT2D eigenvalue weighted by atomic mass is 9.85. The molecule has 5 heteroatoms. The Kier molecular flexibility index (Phi) is 4.71. The second kappa shape index (κ2) is 6.18. The van der Waals surface area contributed by atoms with Crippen molar-refractivity contribution >= 4 is 5.97 Å². The van der Waals surface area contributed by atoms with E-state index in [2.05, 4.69) is 30.6 Å². The van der Waals surface area contributed by atoms with E-state index in [4.69, 9.17) is 10.5 Å². The lowest BCUT2D eigenvalue weighted by Gasteiger charge is -2.28. The number of methoxy groups -OCH3 is 1. The third-order valence-corrected chi connectivity index (χ3v) is 5.01. The summed E-state index contributed by atoms with van der Waals surface area (Å²) in [6, 6.07) is 0. The van der Waals surface area contributed by atoms with Gasteiger partial charge in [-0.25, -0.2) is 0 Å². The summed E-state index contributed by atoms with van der Waals surface area (Å²) in [6.45, 7) is 7.14. The molecule has 0 aliphatic heterocycles. The highest BCUT2D eigenvalue weighted by molar-refractivity contribution is 5.81. The molecule has 0 bridgehead atoms. The Hall–Kier alpha value is -1.36. The molecule has 1 aliphatic rings. The number of hydrogen-bond acceptors (Lipinski definition) is 4. The number of hydrogen-bond donors (Lipinski definition) is 1. The number of ether oxygens (including phenoxy) is 1. The van der Waals surface area contributed by atoms with Crippen molar-refractivity contribution in [2.24, 2.45) is 11.7 Å². The summed E-state index contributed by atoms with van der Waals surface area (Å²) in [5, 5.41) is 4.61. The summed E-state index contributed by atoms with van der Waals surface area (Å²) < 4.78 is 6.96. The van der Waals surface area contributed by atoms with Crippen molar-refractivity contribution < 1.29 is 9.53 Å². The Bertz CT molecular complexity index is 524. The van der Waals surface area contributed by atoms with E-state index in [9.17, 15) is 4.79 Å². The van der Waals surface area contributed by atoms with Gasteiger partial charge in [0.05, 0.1) is 12.8 Å². The Labute approximate surface area is 126 Å². The maximum absolute atomic E-state index is 12.0. The van der Waals surface area contributed by atoms with Crippen LogP contribution in [-0.2, 0) is 22.5 Å². The van der Waals surface area contributed by atoms with Crippen molar-refractivity contribution in [3.63, 3.8) is 0 Å².